The van der Waals surface area contributed by atoms with Crippen LogP contribution in [0, 0.1) is 13.8 Å². The molecule has 0 aliphatic carbocycles. The molecule has 1 unspecified atom stereocenters. The molecule has 19 heavy (non-hydrogen) atoms. The maximum absolute atomic E-state index is 5.60. The highest BCUT2D eigenvalue weighted by atomic mass is 15.0. The van der Waals surface area contributed by atoms with Crippen LogP contribution in [0.5, 0.6) is 0 Å². The van der Waals surface area contributed by atoms with E-state index >= 15 is 0 Å². The van der Waals surface area contributed by atoms with Crippen molar-refractivity contribution in [3.05, 3.63) is 53.0 Å². The number of nitrogens with zero attached hydrogens (tertiary/aromatic N) is 2. The van der Waals surface area contributed by atoms with Gasteiger partial charge >= 0.3 is 0 Å². The second kappa shape index (κ2) is 5.80. The van der Waals surface area contributed by atoms with Gasteiger partial charge in [-0.1, -0.05) is 24.3 Å². The molecule has 2 rings (SSSR count). The largest absolute Gasteiger partial charge is 0.362 e. The first kappa shape index (κ1) is 13.5. The number of hydrogen-bond donors (Lipinski definition) is 2. The Labute approximate surface area is 114 Å². The molecule has 0 aliphatic rings. The quantitative estimate of drug-likeness (QED) is 0.883. The molecule has 4 heteroatoms. The summed E-state index contributed by atoms with van der Waals surface area (Å²) >= 11 is 0. The van der Waals surface area contributed by atoms with Crippen LogP contribution in [-0.2, 0) is 6.54 Å². The normalized spacial score (nSPS) is 12.2. The standard InChI is InChI=1S/C15H20N4/c1-10-11(2)18-15(9-17-10)19-12(3)14-6-4-13(8-16)5-7-14/h4-7,9,12H,8,16H2,1-3H3,(H,18,19). The van der Waals surface area contributed by atoms with Crippen molar-refractivity contribution >= 4 is 5.82 Å². The zero-order valence-electron chi connectivity index (χ0n) is 11.6. The van der Waals surface area contributed by atoms with Crippen LogP contribution in [0.25, 0.3) is 0 Å². The summed E-state index contributed by atoms with van der Waals surface area (Å²) in [6.45, 7) is 6.61. The zero-order valence-corrected chi connectivity index (χ0v) is 11.6. The van der Waals surface area contributed by atoms with Crippen molar-refractivity contribution in [2.45, 2.75) is 33.4 Å². The summed E-state index contributed by atoms with van der Waals surface area (Å²) in [4.78, 5) is 8.79. The van der Waals surface area contributed by atoms with Crippen LogP contribution in [-0.4, -0.2) is 9.97 Å². The third kappa shape index (κ3) is 3.29. The Bertz CT molecular complexity index is 549. The summed E-state index contributed by atoms with van der Waals surface area (Å²) in [7, 11) is 0. The molecular formula is C15H20N4. The van der Waals surface area contributed by atoms with Gasteiger partial charge in [-0.25, -0.2) is 4.98 Å². The predicted octanol–water partition coefficient (Wildman–Crippen LogP) is 2.73. The lowest BCUT2D eigenvalue weighted by atomic mass is 10.1. The van der Waals surface area contributed by atoms with Crippen LogP contribution < -0.4 is 11.1 Å². The Balaban J connectivity index is 2.10. The lowest BCUT2D eigenvalue weighted by Gasteiger charge is -2.15. The zero-order chi connectivity index (χ0) is 13.8. The van der Waals surface area contributed by atoms with Crippen LogP contribution in [0.3, 0.4) is 0 Å². The number of hydrogen-bond acceptors (Lipinski definition) is 4. The van der Waals surface area contributed by atoms with Gasteiger partial charge in [0.25, 0.3) is 0 Å². The van der Waals surface area contributed by atoms with E-state index in [4.69, 9.17) is 5.73 Å². The molecular weight excluding hydrogens is 236 g/mol. The molecule has 0 radical (unpaired) electrons. The number of aromatic nitrogens is 2. The predicted molar refractivity (Wildman–Crippen MR) is 77.9 cm³/mol. The Hall–Kier alpha value is -1.94. The van der Waals surface area contributed by atoms with Gasteiger partial charge in [0.05, 0.1) is 17.6 Å². The van der Waals surface area contributed by atoms with Crippen molar-refractivity contribution < 1.29 is 0 Å². The molecule has 0 saturated carbocycles. The third-order valence-corrected chi connectivity index (χ3v) is 3.27. The van der Waals surface area contributed by atoms with E-state index in [1.54, 1.807) is 6.20 Å². The average molecular weight is 256 g/mol. The van der Waals surface area contributed by atoms with Crippen molar-refractivity contribution in [1.29, 1.82) is 0 Å². The number of rotatable bonds is 4. The van der Waals surface area contributed by atoms with Gasteiger partial charge in [0.2, 0.25) is 0 Å². The Kier molecular flexibility index (Phi) is 4.12. The van der Waals surface area contributed by atoms with Crippen molar-refractivity contribution in [2.75, 3.05) is 5.32 Å². The summed E-state index contributed by atoms with van der Waals surface area (Å²) in [6, 6.07) is 8.48. The molecule has 2 aromatic rings. The smallest absolute Gasteiger partial charge is 0.145 e. The SMILES string of the molecule is Cc1ncc(NC(C)c2ccc(CN)cc2)nc1C. The summed E-state index contributed by atoms with van der Waals surface area (Å²) in [6.07, 6.45) is 1.77. The summed E-state index contributed by atoms with van der Waals surface area (Å²) in [5.74, 6) is 0.804. The van der Waals surface area contributed by atoms with E-state index in [0.717, 1.165) is 22.8 Å². The Morgan fingerprint density at radius 1 is 1.16 bits per heavy atom. The van der Waals surface area contributed by atoms with Crippen LogP contribution >= 0.6 is 0 Å². The Morgan fingerprint density at radius 3 is 2.42 bits per heavy atom. The topological polar surface area (TPSA) is 63.8 Å². The minimum atomic E-state index is 0.184. The monoisotopic (exact) mass is 256 g/mol. The van der Waals surface area contributed by atoms with Crippen molar-refractivity contribution in [2.24, 2.45) is 5.73 Å². The van der Waals surface area contributed by atoms with E-state index in [2.05, 4.69) is 46.5 Å². The van der Waals surface area contributed by atoms with Gasteiger partial charge in [-0.3, -0.25) is 4.98 Å². The number of nitrogens with two attached hydrogens (primary N) is 1. The lowest BCUT2D eigenvalue weighted by Crippen LogP contribution is -2.09. The van der Waals surface area contributed by atoms with Crippen LogP contribution in [0.2, 0.25) is 0 Å². The van der Waals surface area contributed by atoms with E-state index < -0.39 is 0 Å². The van der Waals surface area contributed by atoms with Gasteiger partial charge in [-0.05, 0) is 31.9 Å². The molecule has 1 aromatic carbocycles. The van der Waals surface area contributed by atoms with E-state index in [0.29, 0.717) is 6.54 Å². The van der Waals surface area contributed by atoms with E-state index in [1.165, 1.54) is 5.56 Å². The molecule has 3 N–H and O–H groups in total. The summed E-state index contributed by atoms with van der Waals surface area (Å²) in [5, 5.41) is 3.36. The van der Waals surface area contributed by atoms with Gasteiger partial charge in [0, 0.05) is 12.6 Å². The third-order valence-electron chi connectivity index (χ3n) is 3.27. The Morgan fingerprint density at radius 2 is 1.84 bits per heavy atom. The van der Waals surface area contributed by atoms with Crippen LogP contribution in [0.15, 0.2) is 30.5 Å². The number of anilines is 1. The molecule has 100 valence electrons. The maximum Gasteiger partial charge on any atom is 0.145 e. The van der Waals surface area contributed by atoms with Crippen molar-refractivity contribution in [3.8, 4) is 0 Å². The van der Waals surface area contributed by atoms with Crippen LogP contribution in [0.1, 0.15) is 35.5 Å². The summed E-state index contributed by atoms with van der Waals surface area (Å²) < 4.78 is 0. The molecule has 1 aromatic heterocycles. The molecule has 1 atom stereocenters. The first-order chi connectivity index (χ1) is 9.10. The number of aryl methyl sites for hydroxylation is 2. The maximum atomic E-state index is 5.60. The number of nitrogens with one attached hydrogen (secondary N) is 1. The van der Waals surface area contributed by atoms with E-state index in [9.17, 15) is 0 Å². The molecule has 1 heterocycles. The molecule has 0 saturated heterocycles. The van der Waals surface area contributed by atoms with Crippen molar-refractivity contribution in [3.63, 3.8) is 0 Å². The van der Waals surface area contributed by atoms with Crippen LogP contribution in [0.4, 0.5) is 5.82 Å². The minimum absolute atomic E-state index is 0.184. The highest BCUT2D eigenvalue weighted by molar-refractivity contribution is 5.38. The minimum Gasteiger partial charge on any atom is -0.362 e. The molecule has 0 spiro atoms. The fourth-order valence-electron chi connectivity index (χ4n) is 1.86. The molecule has 0 bridgehead atoms. The lowest BCUT2D eigenvalue weighted by molar-refractivity contribution is 0.863. The summed E-state index contributed by atoms with van der Waals surface area (Å²) in [5.41, 5.74) is 9.86. The second-order valence-corrected chi connectivity index (χ2v) is 4.74. The van der Waals surface area contributed by atoms with E-state index in [1.807, 2.05) is 13.8 Å². The number of benzene rings is 1. The highest BCUT2D eigenvalue weighted by Crippen LogP contribution is 2.18. The second-order valence-electron chi connectivity index (χ2n) is 4.74. The van der Waals surface area contributed by atoms with Gasteiger partial charge in [-0.2, -0.15) is 0 Å². The average Bonchev–Trinajstić information content (AvgIpc) is 2.43. The van der Waals surface area contributed by atoms with Gasteiger partial charge in [0.1, 0.15) is 5.82 Å². The fourth-order valence-corrected chi connectivity index (χ4v) is 1.86. The molecule has 0 fully saturated rings. The molecule has 0 amide bonds. The van der Waals surface area contributed by atoms with Crippen molar-refractivity contribution in [1.82, 2.24) is 9.97 Å². The fraction of sp³-hybridized carbons (Fsp3) is 0.333. The first-order valence-electron chi connectivity index (χ1n) is 6.46. The van der Waals surface area contributed by atoms with Gasteiger partial charge in [0.15, 0.2) is 0 Å². The molecule has 0 aliphatic heterocycles. The van der Waals surface area contributed by atoms with E-state index in [-0.39, 0.29) is 6.04 Å². The first-order valence-corrected chi connectivity index (χ1v) is 6.46. The van der Waals surface area contributed by atoms with Gasteiger partial charge in [-0.15, -0.1) is 0 Å². The van der Waals surface area contributed by atoms with Gasteiger partial charge < -0.3 is 11.1 Å². The highest BCUT2D eigenvalue weighted by Gasteiger charge is 2.07. The molecule has 4 nitrogen and oxygen atoms in total.